The summed E-state index contributed by atoms with van der Waals surface area (Å²) in [5.41, 5.74) is 9.65. The van der Waals surface area contributed by atoms with E-state index in [0.29, 0.717) is 0 Å². The average Bonchev–Trinajstić information content (AvgIpc) is 2.50. The second kappa shape index (κ2) is 9.39. The number of aliphatic hydroxyl groups is 1. The molecule has 0 heterocycles. The van der Waals surface area contributed by atoms with Crippen LogP contribution in [0.3, 0.4) is 0 Å². The van der Waals surface area contributed by atoms with Crippen LogP contribution in [-0.2, 0) is 0 Å². The third-order valence-electron chi connectivity index (χ3n) is 3.34. The highest BCUT2D eigenvalue weighted by atomic mass is 16.3. The van der Waals surface area contributed by atoms with Crippen LogP contribution in [0, 0.1) is 0 Å². The van der Waals surface area contributed by atoms with E-state index >= 15 is 0 Å². The topological polar surface area (TPSA) is 20.2 Å². The average molecular weight is 270 g/mol. The van der Waals surface area contributed by atoms with Crippen molar-refractivity contribution in [1.29, 1.82) is 0 Å². The third-order valence-corrected chi connectivity index (χ3v) is 3.34. The quantitative estimate of drug-likeness (QED) is 0.663. The third kappa shape index (κ3) is 5.23. The number of benzene rings is 1. The Kier molecular flexibility index (Phi) is 7.77. The maximum atomic E-state index is 10.5. The zero-order valence-corrected chi connectivity index (χ0v) is 12.9. The molecule has 1 aromatic carbocycles. The summed E-state index contributed by atoms with van der Waals surface area (Å²) in [6.45, 7) is 6.44. The van der Waals surface area contributed by atoms with Gasteiger partial charge in [-0.15, -0.1) is 0 Å². The van der Waals surface area contributed by atoms with Crippen LogP contribution in [0.1, 0.15) is 64.5 Å². The van der Waals surface area contributed by atoms with Gasteiger partial charge in [-0.3, -0.25) is 0 Å². The smallest absolute Gasteiger partial charge is 0.108 e. The molecular weight excluding hydrogens is 244 g/mol. The molecule has 0 amide bonds. The molecule has 108 valence electrons. The Morgan fingerprint density at radius 2 is 1.65 bits per heavy atom. The van der Waals surface area contributed by atoms with Crippen LogP contribution in [0.5, 0.6) is 0 Å². The first-order valence-corrected chi connectivity index (χ1v) is 7.68. The molecule has 0 saturated carbocycles. The monoisotopic (exact) mass is 270 g/mol. The molecule has 1 rings (SSSR count). The maximum Gasteiger partial charge on any atom is 0.108 e. The van der Waals surface area contributed by atoms with Crippen LogP contribution in [0.15, 0.2) is 52.9 Å². The van der Waals surface area contributed by atoms with Crippen molar-refractivity contribution in [2.45, 2.75) is 59.0 Å². The van der Waals surface area contributed by atoms with Crippen molar-refractivity contribution in [2.75, 3.05) is 0 Å². The summed E-state index contributed by atoms with van der Waals surface area (Å²) < 4.78 is 0. The summed E-state index contributed by atoms with van der Waals surface area (Å²) in [5, 5.41) is 10.5. The van der Waals surface area contributed by atoms with Gasteiger partial charge in [0.15, 0.2) is 0 Å². The zero-order valence-electron chi connectivity index (χ0n) is 12.9. The van der Waals surface area contributed by atoms with E-state index in [2.05, 4.69) is 32.2 Å². The predicted molar refractivity (Wildman–Crippen MR) is 85.6 cm³/mol. The van der Waals surface area contributed by atoms with Crippen molar-refractivity contribution in [2.24, 2.45) is 0 Å². The molecule has 1 aromatic rings. The molecule has 20 heavy (non-hydrogen) atoms. The zero-order chi connectivity index (χ0) is 14.8. The number of aliphatic hydroxyl groups excluding tert-OH is 1. The van der Waals surface area contributed by atoms with Crippen LogP contribution in [0.2, 0.25) is 0 Å². The Labute approximate surface area is 123 Å². The number of allylic oxidation sites excluding steroid dienone is 1. The lowest BCUT2D eigenvalue weighted by Gasteiger charge is -2.12. The summed E-state index contributed by atoms with van der Waals surface area (Å²) in [6.07, 6.45) is 4.48. The van der Waals surface area contributed by atoms with Gasteiger partial charge in [0, 0.05) is 5.57 Å². The van der Waals surface area contributed by atoms with Gasteiger partial charge >= 0.3 is 0 Å². The summed E-state index contributed by atoms with van der Waals surface area (Å²) in [5.74, 6) is 0. The van der Waals surface area contributed by atoms with E-state index in [4.69, 9.17) is 0 Å². The molecule has 0 bridgehead atoms. The normalized spacial score (nSPS) is 11.4. The standard InChI is InChI=1S/C19H26O/c1-4-10-16(6-3)14-15-17(11-5-2)19(20)18-12-8-7-9-13-18/h7-9,12-13,19-20H,4-6,10-11H2,1-3H3. The van der Waals surface area contributed by atoms with Gasteiger partial charge in [-0.1, -0.05) is 75.4 Å². The SMILES string of the molecule is CCCC(=C=C=C(CCC)C(O)c1ccccc1)CC. The van der Waals surface area contributed by atoms with E-state index in [9.17, 15) is 5.11 Å². The molecule has 1 heteroatoms. The fourth-order valence-corrected chi connectivity index (χ4v) is 2.17. The Balaban J connectivity index is 3.13. The van der Waals surface area contributed by atoms with Crippen molar-refractivity contribution >= 4 is 0 Å². The molecule has 1 atom stereocenters. The van der Waals surface area contributed by atoms with Gasteiger partial charge in [0.05, 0.1) is 0 Å². The maximum absolute atomic E-state index is 10.5. The summed E-state index contributed by atoms with van der Waals surface area (Å²) in [4.78, 5) is 0. The molecule has 1 nitrogen and oxygen atoms in total. The second-order valence-electron chi connectivity index (χ2n) is 5.05. The molecule has 1 unspecified atom stereocenters. The van der Waals surface area contributed by atoms with Crippen molar-refractivity contribution in [3.8, 4) is 0 Å². The summed E-state index contributed by atoms with van der Waals surface area (Å²) in [6, 6.07) is 9.79. The van der Waals surface area contributed by atoms with Crippen molar-refractivity contribution in [3.63, 3.8) is 0 Å². The van der Waals surface area contributed by atoms with Gasteiger partial charge in [-0.25, -0.2) is 0 Å². The first kappa shape index (κ1) is 16.5. The van der Waals surface area contributed by atoms with Crippen molar-refractivity contribution in [1.82, 2.24) is 0 Å². The van der Waals surface area contributed by atoms with Crippen LogP contribution >= 0.6 is 0 Å². The number of rotatable bonds is 7. The highest BCUT2D eigenvalue weighted by Gasteiger charge is 2.11. The first-order valence-electron chi connectivity index (χ1n) is 7.68. The van der Waals surface area contributed by atoms with Crippen molar-refractivity contribution in [3.05, 3.63) is 58.5 Å². The minimum Gasteiger partial charge on any atom is -0.383 e. The van der Waals surface area contributed by atoms with Gasteiger partial charge in [-0.05, 0) is 30.4 Å². The van der Waals surface area contributed by atoms with E-state index in [-0.39, 0.29) is 0 Å². The minimum absolute atomic E-state index is 0.566. The van der Waals surface area contributed by atoms with E-state index in [0.717, 1.165) is 43.2 Å². The van der Waals surface area contributed by atoms with E-state index < -0.39 is 6.10 Å². The molecule has 0 aliphatic carbocycles. The lowest BCUT2D eigenvalue weighted by atomic mass is 9.98. The molecule has 0 fully saturated rings. The van der Waals surface area contributed by atoms with Gasteiger partial charge < -0.3 is 5.11 Å². The molecule has 0 spiro atoms. The summed E-state index contributed by atoms with van der Waals surface area (Å²) in [7, 11) is 0. The second-order valence-corrected chi connectivity index (χ2v) is 5.05. The molecule has 0 aliphatic rings. The van der Waals surface area contributed by atoms with Crippen molar-refractivity contribution < 1.29 is 5.11 Å². The van der Waals surface area contributed by atoms with Crippen LogP contribution in [0.4, 0.5) is 0 Å². The highest BCUT2D eigenvalue weighted by Crippen LogP contribution is 2.24. The fourth-order valence-electron chi connectivity index (χ4n) is 2.17. The number of hydrogen-bond donors (Lipinski definition) is 1. The molecule has 0 aromatic heterocycles. The fraction of sp³-hybridized carbons (Fsp3) is 0.474. The number of hydrogen-bond acceptors (Lipinski definition) is 1. The molecule has 0 radical (unpaired) electrons. The Morgan fingerprint density at radius 1 is 1.00 bits per heavy atom. The van der Waals surface area contributed by atoms with Crippen LogP contribution in [-0.4, -0.2) is 5.11 Å². The Hall–Kier alpha value is -1.52. The minimum atomic E-state index is -0.566. The highest BCUT2D eigenvalue weighted by molar-refractivity contribution is 5.26. The lowest BCUT2D eigenvalue weighted by molar-refractivity contribution is 0.211. The van der Waals surface area contributed by atoms with E-state index in [1.807, 2.05) is 30.3 Å². The van der Waals surface area contributed by atoms with E-state index in [1.54, 1.807) is 0 Å². The molecule has 0 saturated heterocycles. The Bertz CT molecular complexity index is 486. The van der Waals surface area contributed by atoms with Crippen LogP contribution in [0.25, 0.3) is 0 Å². The van der Waals surface area contributed by atoms with Gasteiger partial charge in [-0.2, -0.15) is 0 Å². The first-order chi connectivity index (χ1) is 9.72. The summed E-state index contributed by atoms with van der Waals surface area (Å²) >= 11 is 0. The Morgan fingerprint density at radius 3 is 2.20 bits per heavy atom. The lowest BCUT2D eigenvalue weighted by Crippen LogP contribution is -2.00. The molecule has 0 aliphatic heterocycles. The predicted octanol–water partition coefficient (Wildman–Crippen LogP) is 5.34. The van der Waals surface area contributed by atoms with Gasteiger partial charge in [0.25, 0.3) is 0 Å². The van der Waals surface area contributed by atoms with Crippen LogP contribution < -0.4 is 0 Å². The van der Waals surface area contributed by atoms with Gasteiger partial charge in [0.1, 0.15) is 6.10 Å². The van der Waals surface area contributed by atoms with E-state index in [1.165, 1.54) is 5.57 Å². The largest absolute Gasteiger partial charge is 0.383 e. The molecule has 1 N–H and O–H groups in total. The molecular formula is C19H26O. The van der Waals surface area contributed by atoms with Gasteiger partial charge in [0.2, 0.25) is 0 Å².